The molecule has 17 heteroatoms. The summed E-state index contributed by atoms with van der Waals surface area (Å²) in [4.78, 5) is 13.5. The number of hydrogen-bond acceptors (Lipinski definition) is 5. The smallest absolute Gasteiger partial charge is 0.461 e. The van der Waals surface area contributed by atoms with E-state index in [0.29, 0.717) is 12.1 Å². The van der Waals surface area contributed by atoms with Crippen molar-refractivity contribution in [3.63, 3.8) is 0 Å². The average Bonchev–Trinajstić information content (AvgIpc) is 2.95. The molecule has 48 heavy (non-hydrogen) atoms. The van der Waals surface area contributed by atoms with Crippen LogP contribution in [0.4, 0.5) is 52.7 Å². The van der Waals surface area contributed by atoms with Gasteiger partial charge in [-0.3, -0.25) is 4.79 Å². The Morgan fingerprint density at radius 3 is 1.94 bits per heavy atom. The van der Waals surface area contributed by atoms with Crippen LogP contribution in [0.3, 0.4) is 0 Å². The van der Waals surface area contributed by atoms with Crippen LogP contribution in [0.25, 0.3) is 0 Å². The number of ether oxygens (including phenoxy) is 2. The zero-order chi connectivity index (χ0) is 36.5. The maximum absolute atomic E-state index is 15.1. The van der Waals surface area contributed by atoms with E-state index in [1.807, 2.05) is 0 Å². The van der Waals surface area contributed by atoms with Crippen LogP contribution in [0, 0.1) is 11.6 Å². The van der Waals surface area contributed by atoms with Crippen molar-refractivity contribution in [3.8, 4) is 11.5 Å². The Kier molecular flexibility index (Phi) is 11.1. The lowest BCUT2D eigenvalue weighted by molar-refractivity contribution is -0.370. The first kappa shape index (κ1) is 38.5. The summed E-state index contributed by atoms with van der Waals surface area (Å²) < 4.78 is 175. The van der Waals surface area contributed by atoms with Crippen molar-refractivity contribution < 1.29 is 72.1 Å². The summed E-state index contributed by atoms with van der Waals surface area (Å²) in [5.74, 6) is -6.48. The molecule has 0 bridgehead atoms. The van der Waals surface area contributed by atoms with Crippen LogP contribution in [-0.2, 0) is 16.6 Å². The summed E-state index contributed by atoms with van der Waals surface area (Å²) in [6.07, 6.45) is -25.7. The monoisotopic (exact) mass is 705 g/mol. The molecule has 3 rings (SSSR count). The standard InChI is InChI=1S/C31H27F12NO4/c1-16(2)47-24-12-18(8-9-22(24)33)27(14-17-6-4-3-5-7-17,15-23(45)25(44)28(46,30(38,39)40)31(41,42)43)19-10-20(32)13-21(11-19)48-29(36,37)26(34)35/h3-13,16,25-26,46H,14-15,44H2,1-2H3/t25?,27-/m1/s1. The molecule has 3 aromatic carbocycles. The number of hydrogen-bond donors (Lipinski definition) is 2. The second kappa shape index (κ2) is 13.9. The lowest BCUT2D eigenvalue weighted by Gasteiger charge is -2.40. The third-order valence-corrected chi connectivity index (χ3v) is 7.26. The molecule has 0 heterocycles. The van der Waals surface area contributed by atoms with Crippen LogP contribution in [0.5, 0.6) is 11.5 Å². The minimum absolute atomic E-state index is 0.154. The number of alkyl halides is 10. The van der Waals surface area contributed by atoms with E-state index in [0.717, 1.165) is 18.2 Å². The first-order chi connectivity index (χ1) is 21.9. The van der Waals surface area contributed by atoms with Crippen LogP contribution in [-0.4, -0.2) is 53.5 Å². The van der Waals surface area contributed by atoms with E-state index in [1.165, 1.54) is 44.2 Å². The third-order valence-electron chi connectivity index (χ3n) is 7.26. The Bertz CT molecular complexity index is 1560. The van der Waals surface area contributed by atoms with Crippen LogP contribution in [0.15, 0.2) is 66.7 Å². The lowest BCUT2D eigenvalue weighted by Crippen LogP contribution is -2.69. The molecule has 1 unspecified atom stereocenters. The Hall–Kier alpha value is -3.99. The van der Waals surface area contributed by atoms with Gasteiger partial charge in [0.2, 0.25) is 0 Å². The fourth-order valence-electron chi connectivity index (χ4n) is 4.98. The molecule has 0 aliphatic heterocycles. The predicted molar refractivity (Wildman–Crippen MR) is 146 cm³/mol. The zero-order valence-electron chi connectivity index (χ0n) is 24.8. The van der Waals surface area contributed by atoms with Crippen molar-refractivity contribution in [1.29, 1.82) is 0 Å². The van der Waals surface area contributed by atoms with Crippen molar-refractivity contribution in [3.05, 3.63) is 95.1 Å². The van der Waals surface area contributed by atoms with Gasteiger partial charge in [0.05, 0.1) is 6.10 Å². The highest BCUT2D eigenvalue weighted by molar-refractivity contribution is 5.87. The molecule has 0 saturated heterocycles. The molecule has 0 aliphatic carbocycles. The number of carbonyl (C=O) groups excluding carboxylic acids is 1. The molecule has 5 nitrogen and oxygen atoms in total. The summed E-state index contributed by atoms with van der Waals surface area (Å²) in [6.45, 7) is 2.92. The van der Waals surface area contributed by atoms with Crippen molar-refractivity contribution in [2.75, 3.05) is 0 Å². The molecule has 3 N–H and O–H groups in total. The van der Waals surface area contributed by atoms with Gasteiger partial charge in [-0.25, -0.2) is 8.78 Å². The third kappa shape index (κ3) is 7.99. The average molecular weight is 706 g/mol. The van der Waals surface area contributed by atoms with Gasteiger partial charge in [-0.05, 0) is 61.2 Å². The topological polar surface area (TPSA) is 81.8 Å². The molecule has 0 fully saturated rings. The van der Waals surface area contributed by atoms with Crippen LogP contribution < -0.4 is 15.2 Å². The molecule has 0 saturated carbocycles. The second-order valence-electron chi connectivity index (χ2n) is 11.1. The van der Waals surface area contributed by atoms with E-state index in [1.54, 1.807) is 0 Å². The van der Waals surface area contributed by atoms with Gasteiger partial charge in [0.25, 0.3) is 5.60 Å². The molecule has 0 spiro atoms. The Morgan fingerprint density at radius 2 is 1.42 bits per heavy atom. The Labute approximate surface area is 265 Å². The summed E-state index contributed by atoms with van der Waals surface area (Å²) in [5.41, 5.74) is -3.92. The number of Topliss-reactive ketones (excluding diaryl/α,β-unsaturated/α-hetero) is 1. The van der Waals surface area contributed by atoms with Crippen molar-refractivity contribution in [2.24, 2.45) is 5.73 Å². The maximum Gasteiger partial charge on any atom is 0.461 e. The Balaban J connectivity index is 2.43. The van der Waals surface area contributed by atoms with Gasteiger partial charge in [-0.2, -0.15) is 43.9 Å². The van der Waals surface area contributed by atoms with E-state index in [9.17, 15) is 58.2 Å². The predicted octanol–water partition coefficient (Wildman–Crippen LogP) is 7.66. The van der Waals surface area contributed by atoms with Gasteiger partial charge in [0.15, 0.2) is 17.3 Å². The van der Waals surface area contributed by atoms with E-state index >= 15 is 4.39 Å². The minimum atomic E-state index is -6.56. The van der Waals surface area contributed by atoms with Gasteiger partial charge in [-0.1, -0.05) is 36.4 Å². The van der Waals surface area contributed by atoms with Gasteiger partial charge in [-0.15, -0.1) is 0 Å². The highest BCUT2D eigenvalue weighted by atomic mass is 19.4. The van der Waals surface area contributed by atoms with Crippen molar-refractivity contribution in [2.45, 2.75) is 74.7 Å². The molecule has 0 radical (unpaired) electrons. The van der Waals surface area contributed by atoms with Crippen molar-refractivity contribution >= 4 is 5.78 Å². The molecule has 0 amide bonds. The van der Waals surface area contributed by atoms with Gasteiger partial charge < -0.3 is 20.3 Å². The summed E-state index contributed by atoms with van der Waals surface area (Å²) in [5, 5.41) is 9.90. The van der Waals surface area contributed by atoms with Crippen LogP contribution in [0.2, 0.25) is 0 Å². The summed E-state index contributed by atoms with van der Waals surface area (Å²) in [6, 6.07) is 7.06. The molecule has 2 atom stereocenters. The van der Waals surface area contributed by atoms with Gasteiger partial charge in [0, 0.05) is 17.9 Å². The lowest BCUT2D eigenvalue weighted by atomic mass is 9.66. The fourth-order valence-corrected chi connectivity index (χ4v) is 4.98. The maximum atomic E-state index is 15.1. The Morgan fingerprint density at radius 1 is 0.833 bits per heavy atom. The minimum Gasteiger partial charge on any atom is -0.488 e. The second-order valence-corrected chi connectivity index (χ2v) is 11.1. The number of benzene rings is 3. The van der Waals surface area contributed by atoms with E-state index in [-0.39, 0.29) is 17.2 Å². The zero-order valence-corrected chi connectivity index (χ0v) is 24.8. The van der Waals surface area contributed by atoms with E-state index in [2.05, 4.69) is 4.74 Å². The first-order valence-corrected chi connectivity index (χ1v) is 13.8. The normalized spacial score (nSPS) is 15.0. The number of nitrogens with two attached hydrogens (primary N) is 1. The number of halogens is 12. The fraction of sp³-hybridized carbons (Fsp3) is 0.387. The van der Waals surface area contributed by atoms with E-state index in [4.69, 9.17) is 10.5 Å². The van der Waals surface area contributed by atoms with Crippen LogP contribution >= 0.6 is 0 Å². The van der Waals surface area contributed by atoms with Gasteiger partial charge >= 0.3 is 24.9 Å². The number of carbonyl (C=O) groups is 1. The molecule has 0 aromatic heterocycles. The molecule has 3 aromatic rings. The SMILES string of the molecule is CC(C)Oc1cc([C@](CC(=O)C(N)C(O)(C(F)(F)F)C(F)(F)F)(Cc2ccccc2)c2cc(F)cc(OC(F)(F)C(F)F)c2)ccc1F. The van der Waals surface area contributed by atoms with Gasteiger partial charge in [0.1, 0.15) is 17.6 Å². The number of rotatable bonds is 13. The highest BCUT2D eigenvalue weighted by Crippen LogP contribution is 2.48. The quantitative estimate of drug-likeness (QED) is 0.179. The summed E-state index contributed by atoms with van der Waals surface area (Å²) >= 11 is 0. The number of aliphatic hydroxyl groups is 1. The molecule has 0 aliphatic rings. The van der Waals surface area contributed by atoms with Crippen molar-refractivity contribution in [1.82, 2.24) is 0 Å². The van der Waals surface area contributed by atoms with Crippen LogP contribution in [0.1, 0.15) is 37.0 Å². The molecular weight excluding hydrogens is 678 g/mol. The summed E-state index contributed by atoms with van der Waals surface area (Å²) in [7, 11) is 0. The first-order valence-electron chi connectivity index (χ1n) is 13.8. The molecular formula is C31H27F12NO4. The largest absolute Gasteiger partial charge is 0.488 e. The number of ketones is 1. The highest BCUT2D eigenvalue weighted by Gasteiger charge is 2.74. The van der Waals surface area contributed by atoms with E-state index < -0.39 is 95.4 Å². The molecule has 264 valence electrons.